The molecule has 2 aromatic carbocycles. The van der Waals surface area contributed by atoms with E-state index in [0.717, 1.165) is 21.8 Å². The third-order valence-electron chi connectivity index (χ3n) is 3.65. The number of thioether (sulfide) groups is 1. The fourth-order valence-electron chi connectivity index (χ4n) is 2.33. The van der Waals surface area contributed by atoms with Crippen molar-refractivity contribution in [2.24, 2.45) is 0 Å². The number of hydrogen-bond donors (Lipinski definition) is 2. The van der Waals surface area contributed by atoms with E-state index < -0.39 is 0 Å². The molecule has 0 spiro atoms. The second-order valence-corrected chi connectivity index (χ2v) is 6.82. The standard InChI is InChI=1S/C18H18FN3OS/c1-12(24-18-21-15-4-2-3-5-16(15)22-18)17(23)20-11-10-13-6-8-14(19)9-7-13/h2-9,12H,10-11H2,1H3,(H,20,23)(H,21,22). The molecule has 0 aliphatic rings. The fourth-order valence-corrected chi connectivity index (χ4v) is 3.18. The SMILES string of the molecule is CC(Sc1nc2ccccc2[nH]1)C(=O)NCCc1ccc(F)cc1. The van der Waals surface area contributed by atoms with Gasteiger partial charge in [0.15, 0.2) is 5.16 Å². The van der Waals surface area contributed by atoms with Crippen molar-refractivity contribution in [2.75, 3.05) is 6.54 Å². The number of benzene rings is 2. The summed E-state index contributed by atoms with van der Waals surface area (Å²) in [5, 5.41) is 3.39. The maximum atomic E-state index is 12.8. The van der Waals surface area contributed by atoms with Crippen LogP contribution in [-0.4, -0.2) is 27.7 Å². The molecule has 2 N–H and O–H groups in total. The molecule has 4 nitrogen and oxygen atoms in total. The molecule has 0 aliphatic heterocycles. The highest BCUT2D eigenvalue weighted by Crippen LogP contribution is 2.23. The summed E-state index contributed by atoms with van der Waals surface area (Å²) >= 11 is 1.40. The number of imidazole rings is 1. The number of para-hydroxylation sites is 2. The lowest BCUT2D eigenvalue weighted by atomic mass is 10.1. The number of carbonyl (C=O) groups excluding carboxylic acids is 1. The minimum atomic E-state index is -0.251. The number of amides is 1. The summed E-state index contributed by atoms with van der Waals surface area (Å²) in [5.74, 6) is -0.291. The van der Waals surface area contributed by atoms with E-state index in [1.54, 1.807) is 12.1 Å². The van der Waals surface area contributed by atoms with Crippen LogP contribution in [-0.2, 0) is 11.2 Å². The molecule has 124 valence electrons. The molecule has 1 unspecified atom stereocenters. The lowest BCUT2D eigenvalue weighted by Crippen LogP contribution is -2.32. The van der Waals surface area contributed by atoms with E-state index in [1.807, 2.05) is 31.2 Å². The Kier molecular flexibility index (Phi) is 5.15. The minimum Gasteiger partial charge on any atom is -0.355 e. The second-order valence-electron chi connectivity index (χ2n) is 5.49. The van der Waals surface area contributed by atoms with Crippen LogP contribution < -0.4 is 5.32 Å². The van der Waals surface area contributed by atoms with Gasteiger partial charge >= 0.3 is 0 Å². The van der Waals surface area contributed by atoms with E-state index in [4.69, 9.17) is 0 Å². The van der Waals surface area contributed by atoms with Crippen LogP contribution in [0.15, 0.2) is 53.7 Å². The number of fused-ring (bicyclic) bond motifs is 1. The Morgan fingerprint density at radius 1 is 1.25 bits per heavy atom. The summed E-state index contributed by atoms with van der Waals surface area (Å²) in [6.07, 6.45) is 0.675. The first-order valence-corrected chi connectivity index (χ1v) is 8.63. The second kappa shape index (κ2) is 7.49. The van der Waals surface area contributed by atoms with Crippen LogP contribution in [0.2, 0.25) is 0 Å². The monoisotopic (exact) mass is 343 g/mol. The molecule has 24 heavy (non-hydrogen) atoms. The highest BCUT2D eigenvalue weighted by atomic mass is 32.2. The smallest absolute Gasteiger partial charge is 0.233 e. The number of rotatable bonds is 6. The Morgan fingerprint density at radius 2 is 2.00 bits per heavy atom. The van der Waals surface area contributed by atoms with Crippen LogP contribution in [0, 0.1) is 5.82 Å². The fraction of sp³-hybridized carbons (Fsp3) is 0.222. The average Bonchev–Trinajstić information content (AvgIpc) is 2.98. The highest BCUT2D eigenvalue weighted by molar-refractivity contribution is 8.00. The summed E-state index contributed by atoms with van der Waals surface area (Å²) in [4.78, 5) is 19.8. The number of aromatic nitrogens is 2. The van der Waals surface area contributed by atoms with Crippen LogP contribution in [0.1, 0.15) is 12.5 Å². The zero-order chi connectivity index (χ0) is 16.9. The molecule has 0 bridgehead atoms. The van der Waals surface area contributed by atoms with Gasteiger partial charge in [0.25, 0.3) is 0 Å². The van der Waals surface area contributed by atoms with Crippen molar-refractivity contribution < 1.29 is 9.18 Å². The number of H-pyrrole nitrogens is 1. The molecule has 6 heteroatoms. The van der Waals surface area contributed by atoms with E-state index >= 15 is 0 Å². The van der Waals surface area contributed by atoms with Crippen LogP contribution in [0.4, 0.5) is 4.39 Å². The van der Waals surface area contributed by atoms with E-state index in [9.17, 15) is 9.18 Å². The van der Waals surface area contributed by atoms with Crippen molar-refractivity contribution in [3.63, 3.8) is 0 Å². The summed E-state index contributed by atoms with van der Waals surface area (Å²) in [6.45, 7) is 2.38. The van der Waals surface area contributed by atoms with E-state index in [0.29, 0.717) is 13.0 Å². The van der Waals surface area contributed by atoms with E-state index in [1.165, 1.54) is 23.9 Å². The van der Waals surface area contributed by atoms with Gasteiger partial charge in [-0.05, 0) is 43.2 Å². The minimum absolute atomic E-state index is 0.0393. The predicted molar refractivity (Wildman–Crippen MR) is 94.5 cm³/mol. The van der Waals surface area contributed by atoms with Crippen molar-refractivity contribution in [3.05, 3.63) is 59.9 Å². The summed E-state index contributed by atoms with van der Waals surface area (Å²) < 4.78 is 12.8. The first-order chi connectivity index (χ1) is 11.6. The largest absolute Gasteiger partial charge is 0.355 e. The Hall–Kier alpha value is -2.34. The van der Waals surface area contributed by atoms with Crippen LogP contribution >= 0.6 is 11.8 Å². The molecule has 0 saturated heterocycles. The Balaban J connectivity index is 1.50. The van der Waals surface area contributed by atoms with Gasteiger partial charge in [-0.2, -0.15) is 0 Å². The van der Waals surface area contributed by atoms with Gasteiger partial charge in [-0.1, -0.05) is 36.0 Å². The van der Waals surface area contributed by atoms with Crippen LogP contribution in [0.3, 0.4) is 0 Å². The number of aromatic amines is 1. The molecule has 1 aromatic heterocycles. The maximum Gasteiger partial charge on any atom is 0.233 e. The van der Waals surface area contributed by atoms with Crippen molar-refractivity contribution >= 4 is 28.7 Å². The highest BCUT2D eigenvalue weighted by Gasteiger charge is 2.16. The van der Waals surface area contributed by atoms with Gasteiger partial charge in [-0.15, -0.1) is 0 Å². The number of halogens is 1. The van der Waals surface area contributed by atoms with Gasteiger partial charge in [0.1, 0.15) is 5.82 Å². The van der Waals surface area contributed by atoms with Gasteiger partial charge < -0.3 is 10.3 Å². The zero-order valence-electron chi connectivity index (χ0n) is 13.3. The Morgan fingerprint density at radius 3 is 2.75 bits per heavy atom. The summed E-state index contributed by atoms with van der Waals surface area (Å²) in [7, 11) is 0. The molecule has 1 heterocycles. The quantitative estimate of drug-likeness (QED) is 0.673. The number of carbonyl (C=O) groups is 1. The molecule has 3 aromatic rings. The first kappa shape index (κ1) is 16.5. The molecule has 3 rings (SSSR count). The number of hydrogen-bond acceptors (Lipinski definition) is 3. The van der Waals surface area contributed by atoms with Crippen molar-refractivity contribution in [1.29, 1.82) is 0 Å². The van der Waals surface area contributed by atoms with Gasteiger partial charge in [-0.25, -0.2) is 9.37 Å². The van der Waals surface area contributed by atoms with Crippen molar-refractivity contribution in [2.45, 2.75) is 23.8 Å². The van der Waals surface area contributed by atoms with Gasteiger partial charge in [-0.3, -0.25) is 4.79 Å². The Labute approximate surface area is 143 Å². The average molecular weight is 343 g/mol. The molecule has 0 saturated carbocycles. The van der Waals surface area contributed by atoms with Crippen LogP contribution in [0.5, 0.6) is 0 Å². The molecule has 0 aliphatic carbocycles. The normalized spacial score (nSPS) is 12.2. The van der Waals surface area contributed by atoms with Gasteiger partial charge in [0.05, 0.1) is 16.3 Å². The summed E-state index contributed by atoms with van der Waals surface area (Å²) in [6, 6.07) is 14.1. The number of nitrogens with one attached hydrogen (secondary N) is 2. The Bertz CT molecular complexity index is 799. The molecule has 0 fully saturated rings. The van der Waals surface area contributed by atoms with Crippen molar-refractivity contribution in [3.8, 4) is 0 Å². The third kappa shape index (κ3) is 4.14. The van der Waals surface area contributed by atoms with E-state index in [-0.39, 0.29) is 17.0 Å². The third-order valence-corrected chi connectivity index (χ3v) is 4.64. The topological polar surface area (TPSA) is 57.8 Å². The van der Waals surface area contributed by atoms with Gasteiger partial charge in [0, 0.05) is 6.54 Å². The molecular weight excluding hydrogens is 325 g/mol. The molecular formula is C18H18FN3OS. The predicted octanol–water partition coefficient (Wildman–Crippen LogP) is 3.54. The molecule has 0 radical (unpaired) electrons. The van der Waals surface area contributed by atoms with Crippen LogP contribution in [0.25, 0.3) is 11.0 Å². The molecule has 1 amide bonds. The zero-order valence-corrected chi connectivity index (χ0v) is 14.1. The lowest BCUT2D eigenvalue weighted by molar-refractivity contribution is -0.120. The van der Waals surface area contributed by atoms with Crippen molar-refractivity contribution in [1.82, 2.24) is 15.3 Å². The lowest BCUT2D eigenvalue weighted by Gasteiger charge is -2.10. The maximum absolute atomic E-state index is 12.8. The van der Waals surface area contributed by atoms with E-state index in [2.05, 4.69) is 15.3 Å². The number of nitrogens with zero attached hydrogens (tertiary/aromatic N) is 1. The van der Waals surface area contributed by atoms with Gasteiger partial charge in [0.2, 0.25) is 5.91 Å². The summed E-state index contributed by atoms with van der Waals surface area (Å²) in [5.41, 5.74) is 2.85. The molecule has 1 atom stereocenters. The first-order valence-electron chi connectivity index (χ1n) is 7.75.